The zero-order valence-corrected chi connectivity index (χ0v) is 14.9. The number of hydrogen-bond donors (Lipinski definition) is 2. The molecule has 3 rings (SSSR count). The maximum Gasteiger partial charge on any atom is 0.299 e. The Hall–Kier alpha value is -3.04. The van der Waals surface area contributed by atoms with Gasteiger partial charge in [-0.25, -0.2) is 4.68 Å². The predicted molar refractivity (Wildman–Crippen MR) is 96.3 cm³/mol. The van der Waals surface area contributed by atoms with E-state index in [1.54, 1.807) is 19.1 Å². The van der Waals surface area contributed by atoms with Gasteiger partial charge in [0.25, 0.3) is 15.7 Å². The molecule has 26 heavy (non-hydrogen) atoms. The Balaban J connectivity index is 2.01. The van der Waals surface area contributed by atoms with Crippen LogP contribution in [0.3, 0.4) is 0 Å². The van der Waals surface area contributed by atoms with Gasteiger partial charge in [-0.05, 0) is 44.2 Å². The molecular weight excluding hydrogens is 356 g/mol. The van der Waals surface area contributed by atoms with Crippen LogP contribution >= 0.6 is 0 Å². The molecule has 9 heteroatoms. The topological polar surface area (TPSA) is 117 Å². The summed E-state index contributed by atoms with van der Waals surface area (Å²) in [4.78, 5) is 12.3. The third kappa shape index (κ3) is 3.63. The van der Waals surface area contributed by atoms with Crippen LogP contribution in [0.2, 0.25) is 0 Å². The molecule has 0 fully saturated rings. The highest BCUT2D eigenvalue weighted by molar-refractivity contribution is 7.85. The Morgan fingerprint density at radius 2 is 1.73 bits per heavy atom. The number of aromatic nitrogens is 2. The zero-order valence-electron chi connectivity index (χ0n) is 14.0. The van der Waals surface area contributed by atoms with Crippen LogP contribution in [0.5, 0.6) is 0 Å². The molecule has 0 bridgehead atoms. The molecule has 0 amide bonds. The minimum Gasteiger partial charge on any atom is -0.293 e. The molecule has 0 spiro atoms. The second kappa shape index (κ2) is 6.70. The molecular formula is C17H16N4O4S. The Bertz CT molecular complexity index is 1140. The van der Waals surface area contributed by atoms with E-state index >= 15 is 0 Å². The van der Waals surface area contributed by atoms with E-state index in [1.807, 2.05) is 19.1 Å². The molecule has 0 saturated carbocycles. The number of rotatable bonds is 4. The summed E-state index contributed by atoms with van der Waals surface area (Å²) in [7, 11) is -4.37. The lowest BCUT2D eigenvalue weighted by Gasteiger charge is -2.03. The largest absolute Gasteiger partial charge is 0.299 e. The third-order valence-electron chi connectivity index (χ3n) is 3.71. The standard InChI is InChI=1S/C17H16N4O4S/c1-11-6-8-13(9-7-11)18-19-16-12(2)20-21(17(16)22)14-4-3-5-15(10-14)26(23,24)25/h3-10,20H,1-2H3,(H,23,24,25). The van der Waals surface area contributed by atoms with Crippen molar-refractivity contribution in [1.82, 2.24) is 9.78 Å². The van der Waals surface area contributed by atoms with Crippen molar-refractivity contribution in [2.75, 3.05) is 0 Å². The van der Waals surface area contributed by atoms with Crippen LogP contribution in [0.1, 0.15) is 11.3 Å². The van der Waals surface area contributed by atoms with Gasteiger partial charge >= 0.3 is 0 Å². The van der Waals surface area contributed by atoms with Crippen molar-refractivity contribution in [2.45, 2.75) is 18.7 Å². The van der Waals surface area contributed by atoms with Crippen molar-refractivity contribution < 1.29 is 13.0 Å². The molecule has 3 aromatic rings. The van der Waals surface area contributed by atoms with Crippen molar-refractivity contribution >= 4 is 21.5 Å². The van der Waals surface area contributed by atoms with E-state index in [-0.39, 0.29) is 16.3 Å². The third-order valence-corrected chi connectivity index (χ3v) is 4.56. The Labute approximate surface area is 149 Å². The van der Waals surface area contributed by atoms with E-state index < -0.39 is 15.7 Å². The summed E-state index contributed by atoms with van der Waals surface area (Å²) in [6.45, 7) is 3.62. The van der Waals surface area contributed by atoms with Gasteiger partial charge in [0.15, 0.2) is 5.69 Å². The number of H-pyrrole nitrogens is 1. The maximum atomic E-state index is 12.6. The van der Waals surface area contributed by atoms with E-state index in [4.69, 9.17) is 4.55 Å². The summed E-state index contributed by atoms with van der Waals surface area (Å²) in [6.07, 6.45) is 0. The lowest BCUT2D eigenvalue weighted by Crippen LogP contribution is -2.14. The molecule has 0 radical (unpaired) electrons. The Kier molecular flexibility index (Phi) is 4.58. The number of benzene rings is 2. The SMILES string of the molecule is Cc1ccc(N=Nc2c(C)[nH]n(-c3cccc(S(=O)(=O)O)c3)c2=O)cc1. The molecule has 0 aliphatic carbocycles. The van der Waals surface area contributed by atoms with Crippen molar-refractivity contribution in [3.63, 3.8) is 0 Å². The van der Waals surface area contributed by atoms with Crippen LogP contribution in [0, 0.1) is 13.8 Å². The van der Waals surface area contributed by atoms with Crippen molar-refractivity contribution in [2.24, 2.45) is 10.2 Å². The minimum atomic E-state index is -4.37. The molecule has 8 nitrogen and oxygen atoms in total. The van der Waals surface area contributed by atoms with Crippen molar-refractivity contribution in [1.29, 1.82) is 0 Å². The predicted octanol–water partition coefficient (Wildman–Crippen LogP) is 3.44. The van der Waals surface area contributed by atoms with Crippen molar-refractivity contribution in [3.05, 3.63) is 70.1 Å². The highest BCUT2D eigenvalue weighted by atomic mass is 32.2. The number of azo groups is 1. The lowest BCUT2D eigenvalue weighted by molar-refractivity contribution is 0.483. The average Bonchev–Trinajstić information content (AvgIpc) is 2.88. The first kappa shape index (κ1) is 17.8. The fraction of sp³-hybridized carbons (Fsp3) is 0.118. The van der Waals surface area contributed by atoms with Crippen LogP contribution in [0.4, 0.5) is 11.4 Å². The Morgan fingerprint density at radius 3 is 2.38 bits per heavy atom. The molecule has 1 heterocycles. The number of aromatic amines is 1. The second-order valence-corrected chi connectivity index (χ2v) is 7.16. The molecule has 0 unspecified atom stereocenters. The number of nitrogens with zero attached hydrogens (tertiary/aromatic N) is 3. The first-order valence-electron chi connectivity index (χ1n) is 7.63. The number of hydrogen-bond acceptors (Lipinski definition) is 5. The molecule has 134 valence electrons. The van der Waals surface area contributed by atoms with Gasteiger partial charge in [0.05, 0.1) is 22.0 Å². The molecule has 1 aromatic heterocycles. The first-order chi connectivity index (χ1) is 12.3. The van der Waals surface area contributed by atoms with Gasteiger partial charge in [0, 0.05) is 0 Å². The molecule has 0 atom stereocenters. The molecule has 2 N–H and O–H groups in total. The summed E-state index contributed by atoms with van der Waals surface area (Å²) in [5, 5.41) is 10.9. The highest BCUT2D eigenvalue weighted by Crippen LogP contribution is 2.20. The Morgan fingerprint density at radius 1 is 1.04 bits per heavy atom. The smallest absolute Gasteiger partial charge is 0.293 e. The lowest BCUT2D eigenvalue weighted by atomic mass is 10.2. The number of aryl methyl sites for hydroxylation is 2. The van der Waals surface area contributed by atoms with E-state index in [1.165, 1.54) is 24.3 Å². The van der Waals surface area contributed by atoms with Crippen LogP contribution in [-0.4, -0.2) is 22.8 Å². The monoisotopic (exact) mass is 372 g/mol. The quantitative estimate of drug-likeness (QED) is 0.539. The summed E-state index contributed by atoms with van der Waals surface area (Å²) in [5.74, 6) is 0. The van der Waals surface area contributed by atoms with Gasteiger partial charge < -0.3 is 0 Å². The highest BCUT2D eigenvalue weighted by Gasteiger charge is 2.15. The average molecular weight is 372 g/mol. The van der Waals surface area contributed by atoms with Gasteiger partial charge in [-0.15, -0.1) is 5.11 Å². The summed E-state index contributed by atoms with van der Waals surface area (Å²) in [6, 6.07) is 12.7. The normalized spacial score (nSPS) is 12.0. The minimum absolute atomic E-state index is 0.114. The van der Waals surface area contributed by atoms with Gasteiger partial charge in [0.1, 0.15) is 0 Å². The molecule has 0 aliphatic heterocycles. The second-order valence-electron chi connectivity index (χ2n) is 5.73. The maximum absolute atomic E-state index is 12.6. The van der Waals surface area contributed by atoms with Gasteiger partial charge in [-0.1, -0.05) is 23.8 Å². The van der Waals surface area contributed by atoms with E-state index in [9.17, 15) is 13.2 Å². The van der Waals surface area contributed by atoms with Crippen LogP contribution < -0.4 is 5.56 Å². The summed E-state index contributed by atoms with van der Waals surface area (Å²) >= 11 is 0. The van der Waals surface area contributed by atoms with E-state index in [0.29, 0.717) is 11.4 Å². The molecule has 0 aliphatic rings. The van der Waals surface area contributed by atoms with Gasteiger partial charge in [-0.3, -0.25) is 14.4 Å². The fourth-order valence-electron chi connectivity index (χ4n) is 2.34. The van der Waals surface area contributed by atoms with E-state index in [0.717, 1.165) is 10.2 Å². The zero-order chi connectivity index (χ0) is 18.9. The van der Waals surface area contributed by atoms with Crippen LogP contribution in [0.25, 0.3) is 5.69 Å². The van der Waals surface area contributed by atoms with Crippen LogP contribution in [0.15, 0.2) is 68.4 Å². The number of nitrogens with one attached hydrogen (secondary N) is 1. The molecule has 2 aromatic carbocycles. The first-order valence-corrected chi connectivity index (χ1v) is 9.07. The summed E-state index contributed by atoms with van der Waals surface area (Å²) < 4.78 is 32.9. The van der Waals surface area contributed by atoms with E-state index in [2.05, 4.69) is 15.3 Å². The van der Waals surface area contributed by atoms with Gasteiger partial charge in [0.2, 0.25) is 0 Å². The van der Waals surface area contributed by atoms with Crippen molar-refractivity contribution in [3.8, 4) is 5.69 Å². The molecule has 0 saturated heterocycles. The summed E-state index contributed by atoms with van der Waals surface area (Å²) in [5.41, 5.74) is 2.06. The van der Waals surface area contributed by atoms with Crippen LogP contribution in [-0.2, 0) is 10.1 Å². The van der Waals surface area contributed by atoms with Gasteiger partial charge in [-0.2, -0.15) is 13.5 Å². The fourth-order valence-corrected chi connectivity index (χ4v) is 2.86.